The number of rotatable bonds is 2. The topological polar surface area (TPSA) is 58.6 Å². The molecule has 4 nitrogen and oxygen atoms in total. The highest BCUT2D eigenvalue weighted by atomic mass is 16.5. The van der Waals surface area contributed by atoms with Crippen molar-refractivity contribution in [3.05, 3.63) is 11.6 Å². The SMILES string of the molecule is C1COCCN1.CCC=C(C)C(=O)O. The Labute approximate surface area is 85.0 Å². The summed E-state index contributed by atoms with van der Waals surface area (Å²) in [4.78, 5) is 10.0. The van der Waals surface area contributed by atoms with Gasteiger partial charge in [0.25, 0.3) is 0 Å². The van der Waals surface area contributed by atoms with E-state index in [0.29, 0.717) is 5.57 Å². The summed E-state index contributed by atoms with van der Waals surface area (Å²) in [6.45, 7) is 7.33. The second kappa shape index (κ2) is 8.72. The van der Waals surface area contributed by atoms with Gasteiger partial charge in [-0.2, -0.15) is 0 Å². The van der Waals surface area contributed by atoms with Gasteiger partial charge in [-0.3, -0.25) is 0 Å². The predicted octanol–water partition coefficient (Wildman–Crippen LogP) is 1.03. The number of hydrogen-bond donors (Lipinski definition) is 2. The van der Waals surface area contributed by atoms with E-state index in [9.17, 15) is 4.79 Å². The van der Waals surface area contributed by atoms with Crippen molar-refractivity contribution in [3.63, 3.8) is 0 Å². The normalized spacial score (nSPS) is 16.9. The highest BCUT2D eigenvalue weighted by Crippen LogP contribution is 1.92. The number of allylic oxidation sites excluding steroid dienone is 1. The third-order valence-corrected chi connectivity index (χ3v) is 1.69. The number of carboxylic acid groups (broad SMARTS) is 1. The van der Waals surface area contributed by atoms with Crippen LogP contribution in [0.5, 0.6) is 0 Å². The second-order valence-corrected chi connectivity index (χ2v) is 2.96. The number of nitrogens with one attached hydrogen (secondary N) is 1. The largest absolute Gasteiger partial charge is 0.478 e. The van der Waals surface area contributed by atoms with Gasteiger partial charge >= 0.3 is 5.97 Å². The Morgan fingerprint density at radius 2 is 2.07 bits per heavy atom. The van der Waals surface area contributed by atoms with Crippen LogP contribution in [-0.4, -0.2) is 37.4 Å². The molecule has 1 aliphatic rings. The summed E-state index contributed by atoms with van der Waals surface area (Å²) in [5, 5.41) is 11.4. The monoisotopic (exact) mass is 201 g/mol. The number of morpholine rings is 1. The lowest BCUT2D eigenvalue weighted by atomic mass is 10.2. The molecule has 0 amide bonds. The van der Waals surface area contributed by atoms with Crippen LogP contribution in [-0.2, 0) is 9.53 Å². The highest BCUT2D eigenvalue weighted by Gasteiger charge is 1.95. The molecule has 0 aromatic rings. The molecular formula is C10H19NO3. The van der Waals surface area contributed by atoms with E-state index in [2.05, 4.69) is 5.32 Å². The molecule has 0 spiro atoms. The average Bonchev–Trinajstić information content (AvgIpc) is 2.21. The molecule has 1 aliphatic heterocycles. The molecule has 0 atom stereocenters. The van der Waals surface area contributed by atoms with E-state index in [0.717, 1.165) is 32.7 Å². The number of ether oxygens (including phenoxy) is 1. The minimum absolute atomic E-state index is 0.424. The molecule has 0 aliphatic carbocycles. The molecule has 0 saturated carbocycles. The molecule has 1 saturated heterocycles. The van der Waals surface area contributed by atoms with E-state index in [1.807, 2.05) is 6.92 Å². The van der Waals surface area contributed by atoms with Crippen LogP contribution in [0.25, 0.3) is 0 Å². The van der Waals surface area contributed by atoms with Crippen LogP contribution in [0.3, 0.4) is 0 Å². The Balaban J connectivity index is 0.000000249. The van der Waals surface area contributed by atoms with Gasteiger partial charge < -0.3 is 15.2 Å². The summed E-state index contributed by atoms with van der Waals surface area (Å²) in [6, 6.07) is 0. The van der Waals surface area contributed by atoms with E-state index < -0.39 is 5.97 Å². The van der Waals surface area contributed by atoms with Crippen LogP contribution in [0.15, 0.2) is 11.6 Å². The standard InChI is InChI=1S/C6H10O2.C4H9NO/c1-3-4-5(2)6(7)8;1-3-6-4-2-5-1/h4H,3H2,1-2H3,(H,7,8);5H,1-4H2. The van der Waals surface area contributed by atoms with Crippen molar-refractivity contribution in [3.8, 4) is 0 Å². The second-order valence-electron chi connectivity index (χ2n) is 2.96. The first-order chi connectivity index (χ1) is 6.68. The molecule has 4 heteroatoms. The number of carbonyl (C=O) groups is 1. The molecule has 0 aromatic heterocycles. The fourth-order valence-corrected chi connectivity index (χ4v) is 0.909. The minimum atomic E-state index is -0.827. The zero-order chi connectivity index (χ0) is 10.8. The van der Waals surface area contributed by atoms with Crippen molar-refractivity contribution in [1.82, 2.24) is 5.32 Å². The molecule has 0 aromatic carbocycles. The minimum Gasteiger partial charge on any atom is -0.478 e. The van der Waals surface area contributed by atoms with E-state index in [1.165, 1.54) is 0 Å². The first kappa shape index (κ1) is 13.1. The van der Waals surface area contributed by atoms with Gasteiger partial charge in [-0.25, -0.2) is 4.79 Å². The first-order valence-electron chi connectivity index (χ1n) is 4.87. The zero-order valence-corrected chi connectivity index (χ0v) is 8.88. The maximum atomic E-state index is 10.0. The Morgan fingerprint density at radius 1 is 1.50 bits per heavy atom. The van der Waals surface area contributed by atoms with Gasteiger partial charge in [0, 0.05) is 18.7 Å². The predicted molar refractivity (Wildman–Crippen MR) is 55.4 cm³/mol. The lowest BCUT2D eigenvalue weighted by Crippen LogP contribution is -2.30. The molecule has 0 radical (unpaired) electrons. The molecule has 82 valence electrons. The van der Waals surface area contributed by atoms with Crippen LogP contribution in [0.2, 0.25) is 0 Å². The van der Waals surface area contributed by atoms with Crippen molar-refractivity contribution in [2.75, 3.05) is 26.3 Å². The molecule has 2 N–H and O–H groups in total. The van der Waals surface area contributed by atoms with Gasteiger partial charge in [0.15, 0.2) is 0 Å². The maximum Gasteiger partial charge on any atom is 0.330 e. The fraction of sp³-hybridized carbons (Fsp3) is 0.700. The van der Waals surface area contributed by atoms with Crippen molar-refractivity contribution in [2.45, 2.75) is 20.3 Å². The summed E-state index contributed by atoms with van der Waals surface area (Å²) >= 11 is 0. The van der Waals surface area contributed by atoms with Gasteiger partial charge in [0.05, 0.1) is 13.2 Å². The van der Waals surface area contributed by atoms with Gasteiger partial charge in [0.2, 0.25) is 0 Å². The highest BCUT2D eigenvalue weighted by molar-refractivity contribution is 5.85. The number of hydrogen-bond acceptors (Lipinski definition) is 3. The van der Waals surface area contributed by atoms with Crippen LogP contribution in [0, 0.1) is 0 Å². The molecule has 14 heavy (non-hydrogen) atoms. The maximum absolute atomic E-state index is 10.0. The number of aliphatic carboxylic acids is 1. The van der Waals surface area contributed by atoms with Crippen molar-refractivity contribution in [1.29, 1.82) is 0 Å². The van der Waals surface area contributed by atoms with Gasteiger partial charge in [0.1, 0.15) is 0 Å². The molecule has 0 bridgehead atoms. The third-order valence-electron chi connectivity index (χ3n) is 1.69. The third kappa shape index (κ3) is 7.76. The van der Waals surface area contributed by atoms with Crippen molar-refractivity contribution in [2.24, 2.45) is 0 Å². The smallest absolute Gasteiger partial charge is 0.330 e. The first-order valence-corrected chi connectivity index (χ1v) is 4.87. The lowest BCUT2D eigenvalue weighted by Gasteiger charge is -2.10. The van der Waals surface area contributed by atoms with Crippen LogP contribution in [0.1, 0.15) is 20.3 Å². The quantitative estimate of drug-likeness (QED) is 0.655. The molecule has 1 heterocycles. The van der Waals surface area contributed by atoms with E-state index >= 15 is 0 Å². The van der Waals surface area contributed by atoms with Crippen LogP contribution < -0.4 is 5.32 Å². The molecule has 1 rings (SSSR count). The zero-order valence-electron chi connectivity index (χ0n) is 8.88. The van der Waals surface area contributed by atoms with Crippen LogP contribution in [0.4, 0.5) is 0 Å². The van der Waals surface area contributed by atoms with E-state index in [1.54, 1.807) is 13.0 Å². The molecule has 0 unspecified atom stereocenters. The summed E-state index contributed by atoms with van der Waals surface area (Å²) in [5.41, 5.74) is 0.424. The molecular weight excluding hydrogens is 182 g/mol. The lowest BCUT2D eigenvalue weighted by molar-refractivity contribution is -0.132. The van der Waals surface area contributed by atoms with Crippen LogP contribution >= 0.6 is 0 Å². The van der Waals surface area contributed by atoms with E-state index in [-0.39, 0.29) is 0 Å². The summed E-state index contributed by atoms with van der Waals surface area (Å²) in [6.07, 6.45) is 2.47. The van der Waals surface area contributed by atoms with E-state index in [4.69, 9.17) is 9.84 Å². The average molecular weight is 201 g/mol. The summed E-state index contributed by atoms with van der Waals surface area (Å²) in [5.74, 6) is -0.827. The Kier molecular flexibility index (Phi) is 8.17. The van der Waals surface area contributed by atoms with Gasteiger partial charge in [-0.1, -0.05) is 13.0 Å². The Morgan fingerprint density at radius 3 is 2.21 bits per heavy atom. The molecule has 1 fully saturated rings. The summed E-state index contributed by atoms with van der Waals surface area (Å²) < 4.78 is 5.01. The fourth-order valence-electron chi connectivity index (χ4n) is 0.909. The Hall–Kier alpha value is -0.870. The van der Waals surface area contributed by atoms with Gasteiger partial charge in [-0.05, 0) is 13.3 Å². The Bertz CT molecular complexity index is 174. The van der Waals surface area contributed by atoms with Gasteiger partial charge in [-0.15, -0.1) is 0 Å². The number of carboxylic acids is 1. The summed E-state index contributed by atoms with van der Waals surface area (Å²) in [7, 11) is 0. The van der Waals surface area contributed by atoms with Crippen molar-refractivity contribution >= 4 is 5.97 Å². The van der Waals surface area contributed by atoms with Crippen molar-refractivity contribution < 1.29 is 14.6 Å².